The minimum Gasteiger partial charge on any atom is -0.379 e. The Balaban J connectivity index is 1.63. The van der Waals surface area contributed by atoms with Crippen molar-refractivity contribution in [2.24, 2.45) is 0 Å². The second-order valence-corrected chi connectivity index (χ2v) is 10.2. The van der Waals surface area contributed by atoms with E-state index < -0.39 is 17.0 Å². The minimum atomic E-state index is -1.31. The summed E-state index contributed by atoms with van der Waals surface area (Å²) in [5.41, 5.74) is 3.17. The van der Waals surface area contributed by atoms with Gasteiger partial charge in [0.15, 0.2) is 10.6 Å². The monoisotopic (exact) mass is 555 g/mol. The highest BCUT2D eigenvalue weighted by molar-refractivity contribution is 6.54. The van der Waals surface area contributed by atoms with Crippen LogP contribution in [-0.4, -0.2) is 53.3 Å². The van der Waals surface area contributed by atoms with Crippen LogP contribution in [0.1, 0.15) is 12.0 Å². The lowest BCUT2D eigenvalue weighted by Crippen LogP contribution is -2.49. The summed E-state index contributed by atoms with van der Waals surface area (Å²) in [7, 11) is 0. The zero-order valence-electron chi connectivity index (χ0n) is 18.4. The maximum Gasteiger partial charge on any atom is 0.284 e. The number of carbonyl (C=O) groups is 1. The molecular formula is C24H21Cl4N3O4. The van der Waals surface area contributed by atoms with Gasteiger partial charge in [0, 0.05) is 30.3 Å². The Labute approximate surface area is 222 Å². The van der Waals surface area contributed by atoms with Crippen LogP contribution in [0.4, 0.5) is 5.69 Å². The van der Waals surface area contributed by atoms with E-state index in [9.17, 15) is 4.79 Å². The quantitative estimate of drug-likeness (QED) is 0.361. The van der Waals surface area contributed by atoms with Crippen LogP contribution in [0.3, 0.4) is 0 Å². The van der Waals surface area contributed by atoms with Crippen LogP contribution in [-0.2, 0) is 20.8 Å². The van der Waals surface area contributed by atoms with Gasteiger partial charge < -0.3 is 9.26 Å². The lowest BCUT2D eigenvalue weighted by molar-refractivity contribution is -0.141. The number of aromatic nitrogens is 1. The van der Waals surface area contributed by atoms with E-state index in [4.69, 9.17) is 60.5 Å². The molecule has 6 rings (SSSR count). The molecule has 3 aromatic rings. The van der Waals surface area contributed by atoms with Crippen LogP contribution in [0.25, 0.3) is 22.6 Å². The summed E-state index contributed by atoms with van der Waals surface area (Å²) in [4.78, 5) is 20.2. The van der Waals surface area contributed by atoms with E-state index in [2.05, 4.69) is 10.1 Å². The molecular weight excluding hydrogens is 536 g/mol. The first-order valence-corrected chi connectivity index (χ1v) is 12.7. The number of amides is 1. The van der Waals surface area contributed by atoms with Gasteiger partial charge in [-0.2, -0.15) is 5.06 Å². The van der Waals surface area contributed by atoms with Crippen molar-refractivity contribution in [3.63, 3.8) is 0 Å². The third-order valence-corrected chi connectivity index (χ3v) is 6.95. The van der Waals surface area contributed by atoms with Gasteiger partial charge in [0.2, 0.25) is 0 Å². The molecule has 6 bridgehead atoms. The van der Waals surface area contributed by atoms with Gasteiger partial charge in [-0.25, -0.2) is 4.84 Å². The molecule has 0 radical (unpaired) electrons. The molecule has 3 aliphatic heterocycles. The Morgan fingerprint density at radius 1 is 1.06 bits per heavy atom. The predicted octanol–water partition coefficient (Wildman–Crippen LogP) is 5.99. The summed E-state index contributed by atoms with van der Waals surface area (Å²) in [6.45, 7) is 2.44. The average Bonchev–Trinajstić information content (AvgIpc) is 3.33. The van der Waals surface area contributed by atoms with Crippen LogP contribution in [0.2, 0.25) is 10.0 Å². The Hall–Kier alpha value is -1.84. The number of anilines is 1. The van der Waals surface area contributed by atoms with E-state index in [0.717, 1.165) is 10.6 Å². The van der Waals surface area contributed by atoms with Crippen LogP contribution in [0.5, 0.6) is 0 Å². The number of benzene rings is 2. The lowest BCUT2D eigenvalue weighted by atomic mass is 10.0. The fourth-order valence-corrected chi connectivity index (χ4v) is 5.14. The minimum absolute atomic E-state index is 0.459. The number of aryl methyl sites for hydroxylation is 1. The Bertz CT molecular complexity index is 1210. The summed E-state index contributed by atoms with van der Waals surface area (Å²) >= 11 is 25.3. The molecule has 0 saturated carbocycles. The number of morpholine rings is 1. The normalized spacial score (nSPS) is 19.0. The van der Waals surface area contributed by atoms with E-state index >= 15 is 0 Å². The van der Waals surface area contributed by atoms with Crippen LogP contribution in [0.15, 0.2) is 47.0 Å². The molecule has 3 aliphatic rings. The largest absolute Gasteiger partial charge is 0.379 e. The lowest BCUT2D eigenvalue weighted by Gasteiger charge is -2.37. The summed E-state index contributed by atoms with van der Waals surface area (Å²) < 4.78 is 11.1. The Morgan fingerprint density at radius 2 is 1.80 bits per heavy atom. The number of fused-ring (bicyclic) bond motifs is 6. The fourth-order valence-electron chi connectivity index (χ4n) is 4.24. The maximum absolute atomic E-state index is 13.1. The zero-order chi connectivity index (χ0) is 24.5. The van der Waals surface area contributed by atoms with Gasteiger partial charge in [0.05, 0.1) is 28.9 Å². The second kappa shape index (κ2) is 10.6. The predicted molar refractivity (Wildman–Crippen MR) is 136 cm³/mol. The van der Waals surface area contributed by atoms with E-state index in [1.807, 2.05) is 18.2 Å². The van der Waals surface area contributed by atoms with E-state index in [-0.39, 0.29) is 0 Å². The summed E-state index contributed by atoms with van der Waals surface area (Å²) in [6.07, 6.45) is 0.689. The van der Waals surface area contributed by atoms with Gasteiger partial charge in [-0.15, -0.1) is 0 Å². The molecule has 1 aromatic heterocycles. The van der Waals surface area contributed by atoms with Crippen molar-refractivity contribution in [1.29, 1.82) is 0 Å². The molecule has 1 fully saturated rings. The van der Waals surface area contributed by atoms with Crippen molar-refractivity contribution in [3.05, 3.63) is 58.1 Å². The molecule has 1 amide bonds. The molecule has 184 valence electrons. The van der Waals surface area contributed by atoms with Gasteiger partial charge in [-0.1, -0.05) is 63.7 Å². The number of hydrogen-bond acceptors (Lipinski definition) is 6. The summed E-state index contributed by atoms with van der Waals surface area (Å²) in [5, 5.41) is 6.28. The maximum atomic E-state index is 13.1. The molecule has 1 atom stereocenters. The van der Waals surface area contributed by atoms with Crippen molar-refractivity contribution >= 4 is 58.0 Å². The Kier molecular flexibility index (Phi) is 7.55. The number of halogens is 4. The molecule has 0 N–H and O–H groups in total. The van der Waals surface area contributed by atoms with Crippen molar-refractivity contribution in [1.82, 2.24) is 10.1 Å². The van der Waals surface area contributed by atoms with Gasteiger partial charge in [-0.05, 0) is 42.7 Å². The van der Waals surface area contributed by atoms with E-state index in [0.29, 0.717) is 77.5 Å². The summed E-state index contributed by atoms with van der Waals surface area (Å²) in [6, 6.07) is 12.6. The average molecular weight is 557 g/mol. The highest BCUT2D eigenvalue weighted by atomic mass is 35.5. The topological polar surface area (TPSA) is 68.0 Å². The van der Waals surface area contributed by atoms with Crippen LogP contribution >= 0.6 is 46.4 Å². The molecule has 11 heteroatoms. The second-order valence-electron chi connectivity index (χ2n) is 8.24. The number of ether oxygens (including phenoxy) is 1. The molecule has 0 spiro atoms. The molecule has 2 aromatic carbocycles. The van der Waals surface area contributed by atoms with Gasteiger partial charge >= 0.3 is 0 Å². The molecule has 4 heterocycles. The number of alkyl halides is 2. The molecule has 1 saturated heterocycles. The van der Waals surface area contributed by atoms with E-state index in [1.165, 1.54) is 0 Å². The smallest absolute Gasteiger partial charge is 0.284 e. The number of carbonyl (C=O) groups excluding carboxylic acids is 1. The van der Waals surface area contributed by atoms with Crippen molar-refractivity contribution < 1.29 is 18.9 Å². The van der Waals surface area contributed by atoms with E-state index in [1.54, 1.807) is 24.3 Å². The Morgan fingerprint density at radius 3 is 2.51 bits per heavy atom. The standard InChI is InChI=1S/C24H21Cl4N3O4/c25-17-10-14-4-5-21(30-6-8-33-9-7-30)35-31(24(32)23(27)28)16-3-1-2-15(12-16)20-13-19(29-34-20)22(17)18(26)11-14/h1-3,10-13,21,23H,4-9H2. The van der Waals surface area contributed by atoms with Gasteiger partial charge in [-0.3, -0.25) is 9.69 Å². The van der Waals surface area contributed by atoms with Gasteiger partial charge in [0.1, 0.15) is 11.9 Å². The van der Waals surface area contributed by atoms with Crippen molar-refractivity contribution in [2.75, 3.05) is 31.4 Å². The highest BCUT2D eigenvalue weighted by Gasteiger charge is 2.31. The fraction of sp³-hybridized carbons (Fsp3) is 0.333. The molecule has 35 heavy (non-hydrogen) atoms. The van der Waals surface area contributed by atoms with Gasteiger partial charge in [0.25, 0.3) is 5.91 Å². The van der Waals surface area contributed by atoms with Crippen molar-refractivity contribution in [3.8, 4) is 22.6 Å². The first-order chi connectivity index (χ1) is 16.9. The number of hydroxylamine groups is 1. The molecule has 1 unspecified atom stereocenters. The summed E-state index contributed by atoms with van der Waals surface area (Å²) in [5.74, 6) is -0.125. The number of nitrogens with zero attached hydrogens (tertiary/aromatic N) is 3. The van der Waals surface area contributed by atoms with Crippen LogP contribution < -0.4 is 5.06 Å². The number of hydrogen-bond donors (Lipinski definition) is 0. The third-order valence-electron chi connectivity index (χ3n) is 5.98. The molecule has 0 aliphatic carbocycles. The first-order valence-electron chi connectivity index (χ1n) is 11.1. The van der Waals surface area contributed by atoms with Crippen molar-refractivity contribution in [2.45, 2.75) is 23.9 Å². The SMILES string of the molecule is O=C(C(Cl)Cl)N1OC(N2CCOCC2)CCc2cc(Cl)c(c(Cl)c2)-c2cc(on2)-c2cccc1c2. The molecule has 7 nitrogen and oxygen atoms in total. The number of rotatable bonds is 2. The zero-order valence-corrected chi connectivity index (χ0v) is 21.4. The van der Waals surface area contributed by atoms with Crippen LogP contribution in [0, 0.1) is 0 Å². The first kappa shape index (κ1) is 24.8. The highest BCUT2D eigenvalue weighted by Crippen LogP contribution is 2.38. The third kappa shape index (κ3) is 5.32.